The number of methoxy groups -OCH3 is 1. The number of nitrogens with one attached hydrogen (secondary N) is 1. The van der Waals surface area contributed by atoms with Gasteiger partial charge in [0.25, 0.3) is 5.91 Å². The third-order valence-electron chi connectivity index (χ3n) is 2.77. The molecule has 1 aliphatic heterocycles. The van der Waals surface area contributed by atoms with Crippen LogP contribution in [0.4, 0.5) is 5.95 Å². The number of rotatable bonds is 2. The van der Waals surface area contributed by atoms with Gasteiger partial charge in [0.15, 0.2) is 0 Å². The Balaban J connectivity index is 1.96. The summed E-state index contributed by atoms with van der Waals surface area (Å²) in [5, 5.41) is 6.15. The molecule has 1 amide bonds. The van der Waals surface area contributed by atoms with Crippen LogP contribution in [0.2, 0.25) is 0 Å². The van der Waals surface area contributed by atoms with E-state index in [2.05, 4.69) is 15.2 Å². The zero-order chi connectivity index (χ0) is 11.5. The number of hydrogen-bond donors (Lipinski definition) is 2. The van der Waals surface area contributed by atoms with Crippen molar-refractivity contribution in [1.29, 1.82) is 0 Å². The largest absolute Gasteiger partial charge is 0.381 e. The van der Waals surface area contributed by atoms with Gasteiger partial charge in [0.1, 0.15) is 0 Å². The van der Waals surface area contributed by atoms with Gasteiger partial charge in [-0.3, -0.25) is 9.89 Å². The highest BCUT2D eigenvalue weighted by atomic mass is 16.5. The van der Waals surface area contributed by atoms with E-state index in [9.17, 15) is 4.79 Å². The normalized spacial score (nSPS) is 17.7. The summed E-state index contributed by atoms with van der Waals surface area (Å²) < 4.78 is 5.24. The minimum absolute atomic E-state index is 0.0927. The molecule has 88 valence electrons. The van der Waals surface area contributed by atoms with Crippen molar-refractivity contribution in [2.75, 3.05) is 25.9 Å². The number of ether oxygens (including phenoxy) is 1. The molecule has 0 radical (unpaired) electrons. The molecule has 7 heteroatoms. The number of H-pyrrole nitrogens is 1. The summed E-state index contributed by atoms with van der Waals surface area (Å²) in [7, 11) is 1.69. The smallest absolute Gasteiger partial charge is 0.291 e. The van der Waals surface area contributed by atoms with E-state index in [-0.39, 0.29) is 23.8 Å². The van der Waals surface area contributed by atoms with Crippen molar-refractivity contribution >= 4 is 11.9 Å². The van der Waals surface area contributed by atoms with Crippen molar-refractivity contribution < 1.29 is 9.53 Å². The van der Waals surface area contributed by atoms with Gasteiger partial charge < -0.3 is 15.4 Å². The minimum Gasteiger partial charge on any atom is -0.381 e. The van der Waals surface area contributed by atoms with Crippen LogP contribution < -0.4 is 5.73 Å². The first kappa shape index (κ1) is 10.9. The number of carbonyl (C=O) groups is 1. The fourth-order valence-electron chi connectivity index (χ4n) is 1.81. The Bertz CT molecular complexity index is 370. The SMILES string of the molecule is COC1CCN(C(=O)c2nc(N)n[nH]2)CC1. The molecule has 3 N–H and O–H groups in total. The van der Waals surface area contributed by atoms with Gasteiger partial charge in [-0.05, 0) is 12.8 Å². The van der Waals surface area contributed by atoms with E-state index in [1.165, 1.54) is 0 Å². The first-order valence-electron chi connectivity index (χ1n) is 5.20. The highest BCUT2D eigenvalue weighted by molar-refractivity contribution is 5.90. The summed E-state index contributed by atoms with van der Waals surface area (Å²) in [4.78, 5) is 17.4. The molecule has 0 spiro atoms. The summed E-state index contributed by atoms with van der Waals surface area (Å²) in [6, 6.07) is 0. The number of likely N-dealkylation sites (tertiary alicyclic amines) is 1. The van der Waals surface area contributed by atoms with E-state index in [1.807, 2.05) is 0 Å². The van der Waals surface area contributed by atoms with E-state index in [4.69, 9.17) is 10.5 Å². The van der Waals surface area contributed by atoms with E-state index >= 15 is 0 Å². The second kappa shape index (κ2) is 4.48. The van der Waals surface area contributed by atoms with Crippen LogP contribution >= 0.6 is 0 Å². The second-order valence-electron chi connectivity index (χ2n) is 3.77. The van der Waals surface area contributed by atoms with Crippen LogP contribution in [0, 0.1) is 0 Å². The third kappa shape index (κ3) is 2.13. The Morgan fingerprint density at radius 2 is 2.25 bits per heavy atom. The molecule has 16 heavy (non-hydrogen) atoms. The van der Waals surface area contributed by atoms with Crippen molar-refractivity contribution in [2.45, 2.75) is 18.9 Å². The van der Waals surface area contributed by atoms with E-state index in [0.29, 0.717) is 13.1 Å². The van der Waals surface area contributed by atoms with Gasteiger partial charge in [0.05, 0.1) is 6.10 Å². The number of nitrogens with two attached hydrogens (primary N) is 1. The highest BCUT2D eigenvalue weighted by Gasteiger charge is 2.25. The molecule has 1 aromatic rings. The average Bonchev–Trinajstić information content (AvgIpc) is 2.75. The van der Waals surface area contributed by atoms with Crippen LogP contribution in [0.5, 0.6) is 0 Å². The minimum atomic E-state index is -0.154. The van der Waals surface area contributed by atoms with Gasteiger partial charge in [-0.15, -0.1) is 5.10 Å². The van der Waals surface area contributed by atoms with Crippen LogP contribution in [0.25, 0.3) is 0 Å². The Morgan fingerprint density at radius 1 is 1.56 bits per heavy atom. The number of aromatic nitrogens is 3. The summed E-state index contributed by atoms with van der Waals surface area (Å²) in [6.45, 7) is 1.36. The first-order valence-corrected chi connectivity index (χ1v) is 5.20. The molecule has 1 aromatic heterocycles. The molecule has 0 unspecified atom stereocenters. The van der Waals surface area contributed by atoms with Crippen molar-refractivity contribution in [2.24, 2.45) is 0 Å². The van der Waals surface area contributed by atoms with Crippen molar-refractivity contribution in [1.82, 2.24) is 20.1 Å². The van der Waals surface area contributed by atoms with E-state index in [1.54, 1.807) is 12.0 Å². The lowest BCUT2D eigenvalue weighted by atomic mass is 10.1. The summed E-state index contributed by atoms with van der Waals surface area (Å²) in [5.74, 6) is 0.141. The molecule has 0 aromatic carbocycles. The van der Waals surface area contributed by atoms with E-state index in [0.717, 1.165) is 12.8 Å². The fraction of sp³-hybridized carbons (Fsp3) is 0.667. The average molecular weight is 225 g/mol. The Morgan fingerprint density at radius 3 is 2.75 bits per heavy atom. The predicted octanol–water partition coefficient (Wildman–Crippen LogP) is -0.362. The molecule has 1 fully saturated rings. The lowest BCUT2D eigenvalue weighted by Gasteiger charge is -2.30. The number of carbonyl (C=O) groups excluding carboxylic acids is 1. The number of hydrogen-bond acceptors (Lipinski definition) is 5. The first-order chi connectivity index (χ1) is 7.70. The number of piperidine rings is 1. The lowest BCUT2D eigenvalue weighted by Crippen LogP contribution is -2.41. The molecule has 0 atom stereocenters. The summed E-state index contributed by atoms with van der Waals surface area (Å²) >= 11 is 0. The number of amides is 1. The molecule has 2 heterocycles. The molecule has 1 saturated heterocycles. The molecule has 7 nitrogen and oxygen atoms in total. The van der Waals surface area contributed by atoms with Gasteiger partial charge >= 0.3 is 0 Å². The van der Waals surface area contributed by atoms with E-state index < -0.39 is 0 Å². The highest BCUT2D eigenvalue weighted by Crippen LogP contribution is 2.14. The zero-order valence-electron chi connectivity index (χ0n) is 9.14. The van der Waals surface area contributed by atoms with Gasteiger partial charge in [-0.25, -0.2) is 0 Å². The Hall–Kier alpha value is -1.63. The topological polar surface area (TPSA) is 97.1 Å². The maximum atomic E-state index is 11.9. The molecular formula is C9H15N5O2. The standard InChI is InChI=1S/C9H15N5O2/c1-16-6-2-4-14(5-3-6)8(15)7-11-9(10)13-12-7/h6H,2-5H2,1H3,(H3,10,11,12,13). The number of nitrogens with zero attached hydrogens (tertiary/aromatic N) is 3. The number of aromatic amines is 1. The zero-order valence-corrected chi connectivity index (χ0v) is 9.14. The summed E-state index contributed by atoms with van der Waals surface area (Å²) in [5.41, 5.74) is 5.35. The summed E-state index contributed by atoms with van der Waals surface area (Å²) in [6.07, 6.45) is 1.96. The predicted molar refractivity (Wildman–Crippen MR) is 56.7 cm³/mol. The molecule has 0 bridgehead atoms. The maximum Gasteiger partial charge on any atom is 0.291 e. The van der Waals surface area contributed by atoms with Crippen LogP contribution in [-0.2, 0) is 4.74 Å². The molecule has 1 aliphatic rings. The maximum absolute atomic E-state index is 11.9. The van der Waals surface area contributed by atoms with Crippen LogP contribution in [0.1, 0.15) is 23.5 Å². The van der Waals surface area contributed by atoms with Crippen LogP contribution in [0.15, 0.2) is 0 Å². The third-order valence-corrected chi connectivity index (χ3v) is 2.77. The van der Waals surface area contributed by atoms with Gasteiger partial charge in [0, 0.05) is 20.2 Å². The van der Waals surface area contributed by atoms with Crippen molar-refractivity contribution in [3.63, 3.8) is 0 Å². The quantitative estimate of drug-likeness (QED) is 0.716. The molecule has 0 aliphatic carbocycles. The van der Waals surface area contributed by atoms with Gasteiger partial charge in [-0.1, -0.05) is 0 Å². The van der Waals surface area contributed by atoms with Crippen LogP contribution in [-0.4, -0.2) is 52.3 Å². The Kier molecular flexibility index (Phi) is 3.04. The number of nitrogen functional groups attached to an aromatic ring is 1. The van der Waals surface area contributed by atoms with Gasteiger partial charge in [0.2, 0.25) is 11.8 Å². The van der Waals surface area contributed by atoms with Crippen molar-refractivity contribution in [3.8, 4) is 0 Å². The fourth-order valence-corrected chi connectivity index (χ4v) is 1.81. The second-order valence-corrected chi connectivity index (χ2v) is 3.77. The monoisotopic (exact) mass is 225 g/mol. The van der Waals surface area contributed by atoms with Crippen LogP contribution in [0.3, 0.4) is 0 Å². The molecular weight excluding hydrogens is 210 g/mol. The molecule has 2 rings (SSSR count). The van der Waals surface area contributed by atoms with Crippen molar-refractivity contribution in [3.05, 3.63) is 5.82 Å². The number of anilines is 1. The van der Waals surface area contributed by atoms with Gasteiger partial charge in [-0.2, -0.15) is 4.98 Å². The Labute approximate surface area is 93.0 Å². The lowest BCUT2D eigenvalue weighted by molar-refractivity contribution is 0.0344. The molecule has 0 saturated carbocycles.